The molecule has 0 heterocycles. The van der Waals surface area contributed by atoms with Crippen molar-refractivity contribution in [1.29, 1.82) is 0 Å². The summed E-state index contributed by atoms with van der Waals surface area (Å²) in [6.07, 6.45) is 7.50. The number of rotatable bonds is 3. The quantitative estimate of drug-likeness (QED) is 0.428. The van der Waals surface area contributed by atoms with Crippen LogP contribution < -0.4 is 0 Å². The molecule has 0 aromatic heterocycles. The van der Waals surface area contributed by atoms with Crippen molar-refractivity contribution < 1.29 is 30.8 Å². The second-order valence-electron chi connectivity index (χ2n) is 5.53. The topological polar surface area (TPSA) is 49.0 Å². The van der Waals surface area contributed by atoms with E-state index in [-0.39, 0.29) is 17.1 Å². The van der Waals surface area contributed by atoms with Crippen LogP contribution in [0.2, 0.25) is 19.6 Å². The van der Waals surface area contributed by atoms with Gasteiger partial charge >= 0.3 is 39.7 Å². The Morgan fingerprint density at radius 1 is 0.864 bits per heavy atom. The largest absolute Gasteiger partial charge is 2.00 e. The minimum absolute atomic E-state index is 0. The van der Waals surface area contributed by atoms with Gasteiger partial charge in [-0.05, 0) is 19.6 Å². The zero-order valence-electron chi connectivity index (χ0n) is 13.6. The van der Waals surface area contributed by atoms with Gasteiger partial charge in [0.05, 0.1) is 0 Å². The van der Waals surface area contributed by atoms with E-state index in [1.807, 2.05) is 36.9 Å². The molecule has 2 rings (SSSR count). The van der Waals surface area contributed by atoms with E-state index in [1.165, 1.54) is 32.1 Å². The van der Waals surface area contributed by atoms with Crippen molar-refractivity contribution in [3.8, 4) is 0 Å². The van der Waals surface area contributed by atoms with Crippen LogP contribution in [-0.4, -0.2) is 8.32 Å². The third-order valence-corrected chi connectivity index (χ3v) is 3.42. The Labute approximate surface area is 146 Å². The van der Waals surface area contributed by atoms with Gasteiger partial charge in [0, 0.05) is 0 Å². The first kappa shape index (κ1) is 26.2. The van der Waals surface area contributed by atoms with E-state index in [0.717, 1.165) is 5.56 Å². The van der Waals surface area contributed by atoms with Gasteiger partial charge in [-0.25, -0.2) is 0 Å². The summed E-state index contributed by atoms with van der Waals surface area (Å²) in [6.45, 7) is 17.4. The minimum Gasteiger partial charge on any atom is 2.00 e. The molecule has 0 N–H and O–H groups in total. The van der Waals surface area contributed by atoms with Gasteiger partial charge in [0.1, 0.15) is 0 Å². The first-order valence-electron chi connectivity index (χ1n) is 7.05. The summed E-state index contributed by atoms with van der Waals surface area (Å²) >= 11 is 0. The van der Waals surface area contributed by atoms with E-state index < -0.39 is 8.32 Å². The fourth-order valence-electron chi connectivity index (χ4n) is 1.66. The van der Waals surface area contributed by atoms with Crippen LogP contribution in [0, 0.1) is 19.9 Å². The predicted molar refractivity (Wildman–Crippen MR) is 85.2 cm³/mol. The summed E-state index contributed by atoms with van der Waals surface area (Å²) in [5, 5.41) is 0. The average molecular weight is 361 g/mol. The molecule has 22 heavy (non-hydrogen) atoms. The van der Waals surface area contributed by atoms with Crippen LogP contribution in [0.1, 0.15) is 37.7 Å². The van der Waals surface area contributed by atoms with Gasteiger partial charge in [-0.3, -0.25) is 0 Å². The standard InChI is InChI=1S/C10H15OSi.C5H10.2CO.Fe/c1-12(2,3)11-9-10-7-5-4-6-8-10;1-2-4-5-3-1;2*1-2;/h4-9H,1-3H3;1-5H2;;;/q-1;;;;+2. The molecule has 0 amide bonds. The van der Waals surface area contributed by atoms with Crippen molar-refractivity contribution in [3.05, 3.63) is 55.8 Å². The summed E-state index contributed by atoms with van der Waals surface area (Å²) in [6, 6.07) is 10.1. The Hall–Kier alpha value is -0.734. The van der Waals surface area contributed by atoms with Crippen LogP contribution in [0.25, 0.3) is 0 Å². The van der Waals surface area contributed by atoms with Gasteiger partial charge in [-0.15, -0.1) is 12.1 Å². The minimum atomic E-state index is -1.40. The van der Waals surface area contributed by atoms with Gasteiger partial charge in [0.2, 0.25) is 0 Å². The van der Waals surface area contributed by atoms with Gasteiger partial charge in [-0.2, -0.15) is 17.7 Å². The van der Waals surface area contributed by atoms with Crippen molar-refractivity contribution in [2.45, 2.75) is 51.7 Å². The number of benzene rings is 1. The van der Waals surface area contributed by atoms with E-state index in [4.69, 9.17) is 13.7 Å². The number of hydrogen-bond donors (Lipinski definition) is 0. The molecular formula is C17H25FeO3Si+. The SMILES string of the molecule is C1CCCC1.C[Si](C)(C)O[CH-]c1ccccc1.[C-]#[O+].[C-]#[O+].[Fe+2]. The van der Waals surface area contributed by atoms with E-state index in [1.54, 1.807) is 0 Å². The second kappa shape index (κ2) is 18.3. The molecule has 1 saturated carbocycles. The monoisotopic (exact) mass is 361 g/mol. The molecule has 0 aliphatic heterocycles. The average Bonchev–Trinajstić information content (AvgIpc) is 3.09. The maximum atomic E-state index is 7.50. The summed E-state index contributed by atoms with van der Waals surface area (Å²) in [5.74, 6) is 0. The Morgan fingerprint density at radius 2 is 1.23 bits per heavy atom. The Balaban J connectivity index is -0.000000303. The smallest absolute Gasteiger partial charge is 2.00 e. The molecule has 1 aliphatic rings. The maximum absolute atomic E-state index is 7.50. The fourth-order valence-corrected chi connectivity index (χ4v) is 2.15. The van der Waals surface area contributed by atoms with Crippen molar-refractivity contribution >= 4 is 8.32 Å². The van der Waals surface area contributed by atoms with Crippen LogP contribution in [0.5, 0.6) is 0 Å². The van der Waals surface area contributed by atoms with Gasteiger partial charge in [-0.1, -0.05) is 44.8 Å². The summed E-state index contributed by atoms with van der Waals surface area (Å²) in [7, 11) is -1.40. The number of hydrogen-bond acceptors (Lipinski definition) is 1. The van der Waals surface area contributed by atoms with Crippen LogP contribution in [0.4, 0.5) is 0 Å². The molecule has 0 bridgehead atoms. The molecule has 1 aromatic rings. The van der Waals surface area contributed by atoms with Crippen LogP contribution in [-0.2, 0) is 30.8 Å². The molecule has 0 unspecified atom stereocenters. The maximum Gasteiger partial charge on any atom is 2.00 e. The molecule has 5 heteroatoms. The van der Waals surface area contributed by atoms with Gasteiger partial charge < -0.3 is 4.43 Å². The van der Waals surface area contributed by atoms with Crippen molar-refractivity contribution in [3.63, 3.8) is 0 Å². The summed E-state index contributed by atoms with van der Waals surface area (Å²) in [5.41, 5.74) is 1.14. The third kappa shape index (κ3) is 19.3. The zero-order chi connectivity index (χ0) is 16.6. The molecule has 3 nitrogen and oxygen atoms in total. The second-order valence-corrected chi connectivity index (χ2v) is 9.99. The van der Waals surface area contributed by atoms with Crippen molar-refractivity contribution in [2.75, 3.05) is 0 Å². The molecule has 0 spiro atoms. The summed E-state index contributed by atoms with van der Waals surface area (Å²) in [4.78, 5) is 0. The van der Waals surface area contributed by atoms with Gasteiger partial charge in [0.25, 0.3) is 0 Å². The molecule has 1 aliphatic carbocycles. The van der Waals surface area contributed by atoms with E-state index in [9.17, 15) is 0 Å². The first-order chi connectivity index (χ1) is 10.1. The Bertz CT molecular complexity index is 354. The summed E-state index contributed by atoms with van der Waals surface area (Å²) < 4.78 is 20.6. The first-order valence-corrected chi connectivity index (χ1v) is 10.5. The van der Waals surface area contributed by atoms with Crippen LogP contribution >= 0.6 is 0 Å². The van der Waals surface area contributed by atoms with E-state index in [0.29, 0.717) is 0 Å². The third-order valence-electron chi connectivity index (χ3n) is 2.60. The molecule has 122 valence electrons. The molecule has 0 atom stereocenters. The fraction of sp³-hybridized carbons (Fsp3) is 0.471. The Morgan fingerprint density at radius 3 is 1.55 bits per heavy atom. The van der Waals surface area contributed by atoms with Crippen LogP contribution in [0.15, 0.2) is 30.3 Å². The van der Waals surface area contributed by atoms with Gasteiger partial charge in [0.15, 0.2) is 8.32 Å². The van der Waals surface area contributed by atoms with E-state index in [2.05, 4.69) is 32.9 Å². The van der Waals surface area contributed by atoms with Crippen molar-refractivity contribution in [2.24, 2.45) is 0 Å². The molecular weight excluding hydrogens is 336 g/mol. The molecule has 1 fully saturated rings. The van der Waals surface area contributed by atoms with Crippen LogP contribution in [0.3, 0.4) is 0 Å². The normalized spacial score (nSPS) is 11.8. The van der Waals surface area contributed by atoms with E-state index >= 15 is 0 Å². The molecule has 1 aromatic carbocycles. The molecule has 0 saturated heterocycles. The predicted octanol–water partition coefficient (Wildman–Crippen LogP) is 4.92. The molecule has 0 radical (unpaired) electrons. The Kier molecular flexibility index (Phi) is 21.8. The zero-order valence-corrected chi connectivity index (χ0v) is 15.7. The van der Waals surface area contributed by atoms with Crippen molar-refractivity contribution in [1.82, 2.24) is 0 Å².